The van der Waals surface area contributed by atoms with Gasteiger partial charge in [0.2, 0.25) is 0 Å². The molecule has 0 fully saturated rings. The zero-order chi connectivity index (χ0) is 11.6. The lowest BCUT2D eigenvalue weighted by Gasteiger charge is -2.15. The van der Waals surface area contributed by atoms with E-state index in [9.17, 15) is 13.2 Å². The predicted molar refractivity (Wildman–Crippen MR) is 54.9 cm³/mol. The molecule has 15 heavy (non-hydrogen) atoms. The number of halogens is 5. The van der Waals surface area contributed by atoms with E-state index in [-0.39, 0.29) is 10.6 Å². The van der Waals surface area contributed by atoms with Crippen molar-refractivity contribution >= 4 is 27.5 Å². The molecule has 0 aliphatic heterocycles. The molecule has 1 rings (SSSR count). The van der Waals surface area contributed by atoms with E-state index >= 15 is 0 Å². The number of aliphatic hydroxyl groups is 1. The number of alkyl halides is 3. The number of rotatable bonds is 2. The molecule has 0 saturated heterocycles. The maximum Gasteiger partial charge on any atom is 0.414 e. The molecule has 0 spiro atoms. The molecule has 1 N–H and O–H groups in total. The van der Waals surface area contributed by atoms with E-state index in [0.717, 1.165) is 0 Å². The maximum absolute atomic E-state index is 12.0. The molecule has 0 unspecified atom stereocenters. The highest BCUT2D eigenvalue weighted by atomic mass is 79.9. The van der Waals surface area contributed by atoms with Crippen LogP contribution in [0.15, 0.2) is 22.7 Å². The first-order valence-corrected chi connectivity index (χ1v) is 5.16. The Labute approximate surface area is 98.0 Å². The summed E-state index contributed by atoms with van der Waals surface area (Å²) in [6, 6.07) is 4.51. The number of aliphatic hydroxyl groups excluding tert-OH is 1. The van der Waals surface area contributed by atoms with Crippen LogP contribution in [0.2, 0.25) is 5.02 Å². The van der Waals surface area contributed by atoms with Gasteiger partial charge in [0.25, 0.3) is 0 Å². The number of hydrogen-bond donors (Lipinski definition) is 1. The first kappa shape index (κ1) is 12.8. The number of benzene rings is 1. The summed E-state index contributed by atoms with van der Waals surface area (Å²) in [4.78, 5) is 0. The van der Waals surface area contributed by atoms with Crippen molar-refractivity contribution in [2.75, 3.05) is 0 Å². The van der Waals surface area contributed by atoms with Crippen LogP contribution in [-0.4, -0.2) is 17.4 Å². The van der Waals surface area contributed by atoms with E-state index in [1.807, 2.05) is 0 Å². The van der Waals surface area contributed by atoms with Crippen molar-refractivity contribution in [3.05, 3.63) is 33.3 Å². The van der Waals surface area contributed by atoms with Crippen LogP contribution in [-0.2, 0) is 6.42 Å². The van der Waals surface area contributed by atoms with Crippen molar-refractivity contribution in [1.82, 2.24) is 0 Å². The summed E-state index contributed by atoms with van der Waals surface area (Å²) in [7, 11) is 0. The maximum atomic E-state index is 12.0. The molecule has 1 aromatic rings. The van der Waals surface area contributed by atoms with E-state index in [1.54, 1.807) is 6.07 Å². The highest BCUT2D eigenvalue weighted by molar-refractivity contribution is 9.10. The fourth-order valence-corrected chi connectivity index (χ4v) is 1.76. The van der Waals surface area contributed by atoms with Gasteiger partial charge < -0.3 is 5.11 Å². The SMILES string of the molecule is O[C@@H](Cc1ccc(Br)cc1Cl)C(F)(F)F. The minimum absolute atomic E-state index is 0.202. The van der Waals surface area contributed by atoms with Gasteiger partial charge in [-0.05, 0) is 17.7 Å². The molecule has 6 heteroatoms. The summed E-state index contributed by atoms with van der Waals surface area (Å²) in [5.74, 6) is 0. The fourth-order valence-electron chi connectivity index (χ4n) is 1.01. The molecule has 0 saturated carbocycles. The first-order chi connectivity index (χ1) is 6.80. The molecule has 0 radical (unpaired) electrons. The van der Waals surface area contributed by atoms with Gasteiger partial charge in [0.15, 0.2) is 6.10 Å². The van der Waals surface area contributed by atoms with Crippen molar-refractivity contribution in [3.8, 4) is 0 Å². The molecular weight excluding hydrogens is 296 g/mol. The molecule has 0 bridgehead atoms. The zero-order valence-corrected chi connectivity index (χ0v) is 9.70. The van der Waals surface area contributed by atoms with Gasteiger partial charge in [-0.2, -0.15) is 13.2 Å². The minimum atomic E-state index is -4.61. The molecular formula is C9H7BrClF3O. The molecule has 0 heterocycles. The van der Waals surface area contributed by atoms with Gasteiger partial charge in [0, 0.05) is 15.9 Å². The van der Waals surface area contributed by atoms with Gasteiger partial charge >= 0.3 is 6.18 Å². The van der Waals surface area contributed by atoms with Crippen molar-refractivity contribution in [1.29, 1.82) is 0 Å². The largest absolute Gasteiger partial charge is 0.414 e. The second-order valence-electron chi connectivity index (χ2n) is 3.00. The lowest BCUT2D eigenvalue weighted by atomic mass is 10.1. The van der Waals surface area contributed by atoms with E-state index < -0.39 is 18.7 Å². The highest BCUT2D eigenvalue weighted by Gasteiger charge is 2.38. The van der Waals surface area contributed by atoms with E-state index in [0.29, 0.717) is 4.47 Å². The second kappa shape index (κ2) is 4.72. The highest BCUT2D eigenvalue weighted by Crippen LogP contribution is 2.27. The summed E-state index contributed by atoms with van der Waals surface area (Å²) in [5.41, 5.74) is 0.268. The standard InChI is InChI=1S/C9H7BrClF3O/c10-6-2-1-5(7(11)4-6)3-8(15)9(12,13)14/h1-2,4,8,15H,3H2/t8-/m0/s1. The zero-order valence-electron chi connectivity index (χ0n) is 7.35. The normalized spacial score (nSPS) is 14.0. The van der Waals surface area contributed by atoms with Gasteiger partial charge in [-0.1, -0.05) is 33.6 Å². The van der Waals surface area contributed by atoms with Crippen LogP contribution >= 0.6 is 27.5 Å². The summed E-state index contributed by atoms with van der Waals surface area (Å²) in [6.07, 6.45) is -7.53. The van der Waals surface area contributed by atoms with Gasteiger partial charge in [0.05, 0.1) is 0 Å². The summed E-state index contributed by atoms with van der Waals surface area (Å²) < 4.78 is 36.8. The van der Waals surface area contributed by atoms with Crippen LogP contribution in [0.3, 0.4) is 0 Å². The minimum Gasteiger partial charge on any atom is -0.383 e. The van der Waals surface area contributed by atoms with Gasteiger partial charge in [-0.15, -0.1) is 0 Å². The van der Waals surface area contributed by atoms with Gasteiger partial charge in [0.1, 0.15) is 0 Å². The third-order valence-corrected chi connectivity index (χ3v) is 2.65. The Hall–Kier alpha value is -0.260. The molecule has 0 aliphatic rings. The Balaban J connectivity index is 2.82. The Morgan fingerprint density at radius 1 is 1.40 bits per heavy atom. The summed E-state index contributed by atoms with van der Waals surface area (Å²) in [5, 5.41) is 9.04. The third kappa shape index (κ3) is 3.66. The molecule has 1 atom stereocenters. The van der Waals surface area contributed by atoms with Crippen molar-refractivity contribution in [2.24, 2.45) is 0 Å². The molecule has 1 aromatic carbocycles. The third-order valence-electron chi connectivity index (χ3n) is 1.81. The monoisotopic (exact) mass is 302 g/mol. The average Bonchev–Trinajstić information content (AvgIpc) is 2.08. The smallest absolute Gasteiger partial charge is 0.383 e. The van der Waals surface area contributed by atoms with E-state index in [2.05, 4.69) is 15.9 Å². The number of hydrogen-bond acceptors (Lipinski definition) is 1. The summed E-state index contributed by atoms with van der Waals surface area (Å²) in [6.45, 7) is 0. The van der Waals surface area contributed by atoms with Crippen LogP contribution in [0.1, 0.15) is 5.56 Å². The topological polar surface area (TPSA) is 20.2 Å². The first-order valence-electron chi connectivity index (χ1n) is 3.99. The molecule has 0 aromatic heterocycles. The molecule has 0 aliphatic carbocycles. The molecule has 84 valence electrons. The van der Waals surface area contributed by atoms with Crippen LogP contribution in [0.4, 0.5) is 13.2 Å². The Kier molecular flexibility index (Phi) is 4.03. The Morgan fingerprint density at radius 2 is 2.00 bits per heavy atom. The molecule has 1 nitrogen and oxygen atoms in total. The predicted octanol–water partition coefficient (Wildman–Crippen LogP) is 3.57. The lowest BCUT2D eigenvalue weighted by Crippen LogP contribution is -2.30. The molecule has 0 amide bonds. The van der Waals surface area contributed by atoms with Gasteiger partial charge in [-0.25, -0.2) is 0 Å². The van der Waals surface area contributed by atoms with Gasteiger partial charge in [-0.3, -0.25) is 0 Å². The summed E-state index contributed by atoms with van der Waals surface area (Å²) >= 11 is 8.85. The van der Waals surface area contributed by atoms with Crippen LogP contribution in [0, 0.1) is 0 Å². The van der Waals surface area contributed by atoms with Crippen LogP contribution < -0.4 is 0 Å². The van der Waals surface area contributed by atoms with Crippen LogP contribution in [0.5, 0.6) is 0 Å². The Morgan fingerprint density at radius 3 is 2.47 bits per heavy atom. The van der Waals surface area contributed by atoms with Crippen molar-refractivity contribution < 1.29 is 18.3 Å². The average molecular weight is 304 g/mol. The fraction of sp³-hybridized carbons (Fsp3) is 0.333. The van der Waals surface area contributed by atoms with E-state index in [1.165, 1.54) is 12.1 Å². The second-order valence-corrected chi connectivity index (χ2v) is 4.32. The van der Waals surface area contributed by atoms with Crippen molar-refractivity contribution in [2.45, 2.75) is 18.7 Å². The lowest BCUT2D eigenvalue weighted by molar-refractivity contribution is -0.203. The van der Waals surface area contributed by atoms with Crippen LogP contribution in [0.25, 0.3) is 0 Å². The van der Waals surface area contributed by atoms with E-state index in [4.69, 9.17) is 16.7 Å². The Bertz CT molecular complexity index is 354. The van der Waals surface area contributed by atoms with Crippen molar-refractivity contribution in [3.63, 3.8) is 0 Å². The quantitative estimate of drug-likeness (QED) is 0.885.